The third kappa shape index (κ3) is 3.64. The lowest BCUT2D eigenvalue weighted by Gasteiger charge is -2.14. The van der Waals surface area contributed by atoms with Gasteiger partial charge in [0.05, 0.1) is 10.9 Å². The van der Waals surface area contributed by atoms with Crippen LogP contribution in [0.2, 0.25) is 10.0 Å². The molecule has 3 aromatic rings. The number of hydrogen-bond acceptors (Lipinski definition) is 2. The van der Waals surface area contributed by atoms with Gasteiger partial charge in [0.15, 0.2) is 0 Å². The minimum Gasteiger partial charge on any atom is -0.354 e. The lowest BCUT2D eigenvalue weighted by molar-refractivity contribution is 1.23. The number of halogens is 2. The first-order chi connectivity index (χ1) is 12.6. The molecule has 0 fully saturated rings. The molecule has 0 radical (unpaired) electrons. The summed E-state index contributed by atoms with van der Waals surface area (Å²) in [6.07, 6.45) is 2.24. The Morgan fingerprint density at radius 3 is 2.46 bits per heavy atom. The Morgan fingerprint density at radius 1 is 0.923 bits per heavy atom. The van der Waals surface area contributed by atoms with Crippen LogP contribution < -0.4 is 5.32 Å². The quantitative estimate of drug-likeness (QED) is 0.477. The molecular formula is C22H17Cl2NS. The first-order valence-electron chi connectivity index (χ1n) is 8.37. The molecule has 1 N–H and O–H groups in total. The SMILES string of the molecule is Cc1ccc2c(c1)SC(c1ccccc1Cl)C=C(c1ccc(Cl)cc1)N2. The molecule has 1 aliphatic rings. The van der Waals surface area contributed by atoms with Gasteiger partial charge >= 0.3 is 0 Å². The lowest BCUT2D eigenvalue weighted by Crippen LogP contribution is -1.99. The summed E-state index contributed by atoms with van der Waals surface area (Å²) in [7, 11) is 0. The van der Waals surface area contributed by atoms with Gasteiger partial charge in [0.1, 0.15) is 0 Å². The van der Waals surface area contributed by atoms with Gasteiger partial charge in [-0.1, -0.05) is 59.6 Å². The third-order valence-electron chi connectivity index (χ3n) is 4.35. The van der Waals surface area contributed by atoms with Crippen molar-refractivity contribution in [3.8, 4) is 0 Å². The van der Waals surface area contributed by atoms with E-state index < -0.39 is 0 Å². The van der Waals surface area contributed by atoms with Crippen molar-refractivity contribution >= 4 is 46.3 Å². The number of benzene rings is 3. The number of hydrogen-bond donors (Lipinski definition) is 1. The van der Waals surface area contributed by atoms with Gasteiger partial charge in [-0.2, -0.15) is 0 Å². The number of nitrogens with one attached hydrogen (secondary N) is 1. The van der Waals surface area contributed by atoms with Gasteiger partial charge in [-0.15, -0.1) is 11.8 Å². The van der Waals surface area contributed by atoms with E-state index in [4.69, 9.17) is 23.2 Å². The molecule has 4 heteroatoms. The smallest absolute Gasteiger partial charge is 0.0563 e. The third-order valence-corrected chi connectivity index (χ3v) is 6.18. The summed E-state index contributed by atoms with van der Waals surface area (Å²) in [4.78, 5) is 1.22. The van der Waals surface area contributed by atoms with Crippen molar-refractivity contribution in [3.63, 3.8) is 0 Å². The van der Waals surface area contributed by atoms with Crippen LogP contribution in [0.25, 0.3) is 5.70 Å². The second-order valence-electron chi connectivity index (χ2n) is 6.27. The fourth-order valence-electron chi connectivity index (χ4n) is 3.00. The molecule has 0 aromatic heterocycles. The van der Waals surface area contributed by atoms with Crippen LogP contribution in [0.15, 0.2) is 77.7 Å². The Hall–Kier alpha value is -1.87. The van der Waals surface area contributed by atoms with Crippen molar-refractivity contribution in [2.75, 3.05) is 5.32 Å². The maximum Gasteiger partial charge on any atom is 0.0563 e. The molecule has 0 amide bonds. The summed E-state index contributed by atoms with van der Waals surface area (Å²) >= 11 is 14.4. The summed E-state index contributed by atoms with van der Waals surface area (Å²) in [6.45, 7) is 2.11. The number of thioether (sulfide) groups is 1. The highest BCUT2D eigenvalue weighted by atomic mass is 35.5. The van der Waals surface area contributed by atoms with E-state index in [1.807, 2.05) is 54.2 Å². The molecule has 130 valence electrons. The van der Waals surface area contributed by atoms with E-state index >= 15 is 0 Å². The van der Waals surface area contributed by atoms with Gasteiger partial charge in [0.2, 0.25) is 0 Å². The minimum absolute atomic E-state index is 0.116. The Labute approximate surface area is 168 Å². The monoisotopic (exact) mass is 397 g/mol. The fourth-order valence-corrected chi connectivity index (χ4v) is 4.75. The van der Waals surface area contributed by atoms with Crippen molar-refractivity contribution in [3.05, 3.63) is 99.5 Å². The molecule has 0 saturated heterocycles. The number of anilines is 1. The zero-order chi connectivity index (χ0) is 18.1. The second-order valence-corrected chi connectivity index (χ2v) is 8.30. The van der Waals surface area contributed by atoms with Crippen LogP contribution in [-0.4, -0.2) is 0 Å². The van der Waals surface area contributed by atoms with E-state index in [0.717, 1.165) is 32.6 Å². The topological polar surface area (TPSA) is 12.0 Å². The van der Waals surface area contributed by atoms with Gasteiger partial charge in [-0.3, -0.25) is 0 Å². The van der Waals surface area contributed by atoms with E-state index in [1.54, 1.807) is 0 Å². The molecule has 1 nitrogen and oxygen atoms in total. The van der Waals surface area contributed by atoms with E-state index in [2.05, 4.69) is 42.6 Å². The van der Waals surface area contributed by atoms with Gasteiger partial charge in [0, 0.05) is 20.6 Å². The van der Waals surface area contributed by atoms with Gasteiger partial charge in [0.25, 0.3) is 0 Å². The Morgan fingerprint density at radius 2 is 1.69 bits per heavy atom. The number of aryl methyl sites for hydroxylation is 1. The first-order valence-corrected chi connectivity index (χ1v) is 10.0. The number of fused-ring (bicyclic) bond motifs is 1. The van der Waals surface area contributed by atoms with E-state index in [0.29, 0.717) is 0 Å². The molecule has 1 heterocycles. The van der Waals surface area contributed by atoms with Crippen LogP contribution in [-0.2, 0) is 0 Å². The Balaban J connectivity index is 1.84. The Bertz CT molecular complexity index is 980. The van der Waals surface area contributed by atoms with Crippen LogP contribution in [0.4, 0.5) is 5.69 Å². The normalized spacial score (nSPS) is 16.3. The lowest BCUT2D eigenvalue weighted by atomic mass is 10.1. The van der Waals surface area contributed by atoms with Crippen molar-refractivity contribution in [2.24, 2.45) is 0 Å². The van der Waals surface area contributed by atoms with Crippen LogP contribution in [0.5, 0.6) is 0 Å². The Kier molecular flexibility index (Phi) is 4.99. The molecule has 4 rings (SSSR count). The van der Waals surface area contributed by atoms with E-state index in [-0.39, 0.29) is 5.25 Å². The second kappa shape index (κ2) is 7.40. The van der Waals surface area contributed by atoms with Gasteiger partial charge in [-0.25, -0.2) is 0 Å². The highest BCUT2D eigenvalue weighted by Crippen LogP contribution is 2.46. The van der Waals surface area contributed by atoms with Crippen LogP contribution in [0.1, 0.15) is 21.9 Å². The first kappa shape index (κ1) is 17.5. The molecule has 1 aliphatic heterocycles. The molecule has 0 bridgehead atoms. The summed E-state index contributed by atoms with van der Waals surface area (Å²) in [5.74, 6) is 0. The zero-order valence-corrected chi connectivity index (χ0v) is 16.5. The van der Waals surface area contributed by atoms with Gasteiger partial charge < -0.3 is 5.32 Å². The van der Waals surface area contributed by atoms with Crippen LogP contribution in [0, 0.1) is 6.92 Å². The molecular weight excluding hydrogens is 381 g/mol. The van der Waals surface area contributed by atoms with Crippen molar-refractivity contribution in [1.82, 2.24) is 0 Å². The maximum absolute atomic E-state index is 6.50. The minimum atomic E-state index is 0.116. The van der Waals surface area contributed by atoms with Gasteiger partial charge in [-0.05, 0) is 60.0 Å². The molecule has 0 spiro atoms. The van der Waals surface area contributed by atoms with E-state index in [1.165, 1.54) is 10.5 Å². The van der Waals surface area contributed by atoms with Crippen LogP contribution >= 0.6 is 35.0 Å². The zero-order valence-electron chi connectivity index (χ0n) is 14.2. The highest BCUT2D eigenvalue weighted by Gasteiger charge is 2.21. The number of rotatable bonds is 2. The maximum atomic E-state index is 6.50. The summed E-state index contributed by atoms with van der Waals surface area (Å²) in [6, 6.07) is 22.4. The largest absolute Gasteiger partial charge is 0.354 e. The standard InChI is InChI=1S/C22H17Cl2NS/c1-14-6-11-19-22(12-14)26-21(17-4-2-3-5-18(17)24)13-20(25-19)15-7-9-16(23)10-8-15/h2-13,21,25H,1H3. The molecule has 0 aliphatic carbocycles. The molecule has 26 heavy (non-hydrogen) atoms. The fraction of sp³-hybridized carbons (Fsp3) is 0.0909. The average Bonchev–Trinajstić information content (AvgIpc) is 2.82. The highest BCUT2D eigenvalue weighted by molar-refractivity contribution is 7.99. The molecule has 3 aromatic carbocycles. The van der Waals surface area contributed by atoms with Crippen molar-refractivity contribution in [2.45, 2.75) is 17.1 Å². The summed E-state index contributed by atoms with van der Waals surface area (Å²) in [5.41, 5.74) is 5.62. The van der Waals surface area contributed by atoms with Crippen molar-refractivity contribution in [1.29, 1.82) is 0 Å². The summed E-state index contributed by atoms with van der Waals surface area (Å²) in [5, 5.41) is 5.23. The van der Waals surface area contributed by atoms with Crippen LogP contribution in [0.3, 0.4) is 0 Å². The average molecular weight is 398 g/mol. The van der Waals surface area contributed by atoms with Crippen molar-refractivity contribution < 1.29 is 0 Å². The summed E-state index contributed by atoms with van der Waals surface area (Å²) < 4.78 is 0. The molecule has 1 atom stereocenters. The predicted molar refractivity (Wildman–Crippen MR) is 114 cm³/mol. The van der Waals surface area contributed by atoms with E-state index in [9.17, 15) is 0 Å². The predicted octanol–water partition coefficient (Wildman–Crippen LogP) is 7.60. The molecule has 0 saturated carbocycles. The molecule has 1 unspecified atom stereocenters.